The fourth-order valence-electron chi connectivity index (χ4n) is 3.16. The largest absolute Gasteiger partial charge is 0.368 e. The molecule has 0 aliphatic heterocycles. The predicted octanol–water partition coefficient (Wildman–Crippen LogP) is 3.67. The molecular weight excluding hydrogens is 250 g/mol. The summed E-state index contributed by atoms with van der Waals surface area (Å²) in [5.74, 6) is 1.47. The van der Waals surface area contributed by atoms with Crippen molar-refractivity contribution in [2.45, 2.75) is 83.8 Å². The van der Waals surface area contributed by atoms with Gasteiger partial charge in [-0.3, -0.25) is 4.79 Å². The number of hydrogen-bond donors (Lipinski definition) is 1. The fraction of sp³-hybridized carbons (Fsp3) is 0.941. The Morgan fingerprint density at radius 3 is 2.20 bits per heavy atom. The number of amides is 1. The van der Waals surface area contributed by atoms with Gasteiger partial charge in [-0.25, -0.2) is 0 Å². The van der Waals surface area contributed by atoms with E-state index in [-0.39, 0.29) is 17.6 Å². The van der Waals surface area contributed by atoms with E-state index in [2.05, 4.69) is 5.32 Å². The van der Waals surface area contributed by atoms with Crippen LogP contribution in [-0.4, -0.2) is 24.2 Å². The van der Waals surface area contributed by atoms with Crippen LogP contribution >= 0.6 is 0 Å². The molecular formula is C17H31NO2. The van der Waals surface area contributed by atoms with Gasteiger partial charge in [0.1, 0.15) is 6.10 Å². The number of ether oxygens (including phenoxy) is 1. The summed E-state index contributed by atoms with van der Waals surface area (Å²) in [6.45, 7) is 6.86. The summed E-state index contributed by atoms with van der Waals surface area (Å²) in [5, 5.41) is 3.08. The summed E-state index contributed by atoms with van der Waals surface area (Å²) in [7, 11) is 0. The van der Waals surface area contributed by atoms with Crippen molar-refractivity contribution in [2.75, 3.05) is 6.61 Å². The number of nitrogens with one attached hydrogen (secondary N) is 1. The van der Waals surface area contributed by atoms with E-state index in [9.17, 15) is 4.79 Å². The summed E-state index contributed by atoms with van der Waals surface area (Å²) >= 11 is 0. The number of hydrogen-bond acceptors (Lipinski definition) is 2. The van der Waals surface area contributed by atoms with Gasteiger partial charge in [-0.1, -0.05) is 32.1 Å². The van der Waals surface area contributed by atoms with Crippen LogP contribution in [-0.2, 0) is 9.53 Å². The van der Waals surface area contributed by atoms with Crippen molar-refractivity contribution >= 4 is 5.91 Å². The normalized spacial score (nSPS) is 22.6. The van der Waals surface area contributed by atoms with Gasteiger partial charge in [0.2, 0.25) is 5.91 Å². The second-order valence-electron chi connectivity index (χ2n) is 7.74. The monoisotopic (exact) mass is 281 g/mol. The van der Waals surface area contributed by atoms with Crippen molar-refractivity contribution in [1.82, 2.24) is 5.32 Å². The Balaban J connectivity index is 1.83. The van der Waals surface area contributed by atoms with E-state index in [1.54, 1.807) is 0 Å². The van der Waals surface area contributed by atoms with Crippen LogP contribution in [0.3, 0.4) is 0 Å². The summed E-state index contributed by atoms with van der Waals surface area (Å²) in [6, 6.07) is 0. The molecule has 20 heavy (non-hydrogen) atoms. The average molecular weight is 281 g/mol. The highest BCUT2D eigenvalue weighted by atomic mass is 16.5. The predicted molar refractivity (Wildman–Crippen MR) is 81.6 cm³/mol. The maximum absolute atomic E-state index is 12.4. The standard InChI is InChI=1S/C17H31NO2/c1-17(2,3)18-16(19)15(11-13-9-6-10-13)20-12-14-7-4-5-8-14/h13-15H,4-12H2,1-3H3,(H,18,19). The van der Waals surface area contributed by atoms with Gasteiger partial charge >= 0.3 is 0 Å². The third-order valence-corrected chi connectivity index (χ3v) is 4.57. The van der Waals surface area contributed by atoms with Crippen LogP contribution in [0, 0.1) is 11.8 Å². The molecule has 0 aromatic carbocycles. The van der Waals surface area contributed by atoms with Crippen molar-refractivity contribution in [2.24, 2.45) is 11.8 Å². The second kappa shape index (κ2) is 6.93. The zero-order chi connectivity index (χ0) is 14.6. The molecule has 0 aromatic heterocycles. The topological polar surface area (TPSA) is 38.3 Å². The van der Waals surface area contributed by atoms with Crippen molar-refractivity contribution in [3.63, 3.8) is 0 Å². The molecule has 1 N–H and O–H groups in total. The summed E-state index contributed by atoms with van der Waals surface area (Å²) in [5.41, 5.74) is -0.175. The Kier molecular flexibility index (Phi) is 5.48. The molecule has 0 bridgehead atoms. The van der Waals surface area contributed by atoms with Gasteiger partial charge in [-0.05, 0) is 51.9 Å². The maximum atomic E-state index is 12.4. The Bertz CT molecular complexity index is 311. The van der Waals surface area contributed by atoms with Gasteiger partial charge in [-0.2, -0.15) is 0 Å². The lowest BCUT2D eigenvalue weighted by molar-refractivity contribution is -0.137. The molecule has 2 rings (SSSR count). The van der Waals surface area contributed by atoms with Crippen LogP contribution in [0.25, 0.3) is 0 Å². The quantitative estimate of drug-likeness (QED) is 0.806. The van der Waals surface area contributed by atoms with E-state index >= 15 is 0 Å². The number of carbonyl (C=O) groups excluding carboxylic acids is 1. The first-order valence-corrected chi connectivity index (χ1v) is 8.37. The van der Waals surface area contributed by atoms with Crippen molar-refractivity contribution < 1.29 is 9.53 Å². The molecule has 3 heteroatoms. The lowest BCUT2D eigenvalue weighted by Gasteiger charge is -2.31. The number of rotatable bonds is 6. The summed E-state index contributed by atoms with van der Waals surface area (Å²) in [6.07, 6.45) is 9.74. The van der Waals surface area contributed by atoms with Gasteiger partial charge in [0.05, 0.1) is 6.61 Å². The molecule has 0 heterocycles. The molecule has 0 aromatic rings. The van der Waals surface area contributed by atoms with Crippen molar-refractivity contribution in [3.05, 3.63) is 0 Å². The zero-order valence-electron chi connectivity index (χ0n) is 13.4. The van der Waals surface area contributed by atoms with Crippen LogP contribution in [0.5, 0.6) is 0 Å². The Labute approximate surface area is 123 Å². The average Bonchev–Trinajstić information content (AvgIpc) is 2.77. The molecule has 1 atom stereocenters. The van der Waals surface area contributed by atoms with Crippen LogP contribution < -0.4 is 5.32 Å². The van der Waals surface area contributed by atoms with Gasteiger partial charge in [0.15, 0.2) is 0 Å². The van der Waals surface area contributed by atoms with Gasteiger partial charge in [-0.15, -0.1) is 0 Å². The minimum absolute atomic E-state index is 0.0856. The molecule has 1 amide bonds. The molecule has 2 aliphatic rings. The van der Waals surface area contributed by atoms with Gasteiger partial charge < -0.3 is 10.1 Å². The molecule has 0 spiro atoms. The Morgan fingerprint density at radius 2 is 1.70 bits per heavy atom. The van der Waals surface area contributed by atoms with E-state index in [0.717, 1.165) is 13.0 Å². The molecule has 0 saturated heterocycles. The van der Waals surface area contributed by atoms with E-state index in [1.165, 1.54) is 44.9 Å². The van der Waals surface area contributed by atoms with E-state index in [0.29, 0.717) is 11.8 Å². The second-order valence-corrected chi connectivity index (χ2v) is 7.74. The molecule has 2 fully saturated rings. The van der Waals surface area contributed by atoms with Crippen molar-refractivity contribution in [3.8, 4) is 0 Å². The minimum atomic E-state index is -0.236. The van der Waals surface area contributed by atoms with Crippen LogP contribution in [0.4, 0.5) is 0 Å². The van der Waals surface area contributed by atoms with E-state index in [1.807, 2.05) is 20.8 Å². The first-order chi connectivity index (χ1) is 9.44. The molecule has 1 unspecified atom stereocenters. The maximum Gasteiger partial charge on any atom is 0.249 e. The van der Waals surface area contributed by atoms with Gasteiger partial charge in [0.25, 0.3) is 0 Å². The Hall–Kier alpha value is -0.570. The molecule has 3 nitrogen and oxygen atoms in total. The van der Waals surface area contributed by atoms with Crippen LogP contribution in [0.2, 0.25) is 0 Å². The van der Waals surface area contributed by atoms with Crippen molar-refractivity contribution in [1.29, 1.82) is 0 Å². The Morgan fingerprint density at radius 1 is 1.10 bits per heavy atom. The highest BCUT2D eigenvalue weighted by Gasteiger charge is 2.30. The third-order valence-electron chi connectivity index (χ3n) is 4.57. The van der Waals surface area contributed by atoms with Crippen LogP contribution in [0.1, 0.15) is 72.1 Å². The van der Waals surface area contributed by atoms with Gasteiger partial charge in [0, 0.05) is 5.54 Å². The first kappa shape index (κ1) is 15.8. The summed E-state index contributed by atoms with van der Waals surface area (Å²) in [4.78, 5) is 12.4. The molecule has 116 valence electrons. The molecule has 2 saturated carbocycles. The molecule has 0 radical (unpaired) electrons. The smallest absolute Gasteiger partial charge is 0.249 e. The molecule has 2 aliphatic carbocycles. The highest BCUT2D eigenvalue weighted by Crippen LogP contribution is 2.32. The lowest BCUT2D eigenvalue weighted by Crippen LogP contribution is -2.47. The third kappa shape index (κ3) is 5.08. The summed E-state index contributed by atoms with van der Waals surface area (Å²) < 4.78 is 6.03. The fourth-order valence-corrected chi connectivity index (χ4v) is 3.16. The van der Waals surface area contributed by atoms with E-state index in [4.69, 9.17) is 4.74 Å². The SMILES string of the molecule is CC(C)(C)NC(=O)C(CC1CCC1)OCC1CCCC1. The zero-order valence-corrected chi connectivity index (χ0v) is 13.4. The minimum Gasteiger partial charge on any atom is -0.368 e. The van der Waals surface area contributed by atoms with Crippen LogP contribution in [0.15, 0.2) is 0 Å². The van der Waals surface area contributed by atoms with E-state index < -0.39 is 0 Å². The highest BCUT2D eigenvalue weighted by molar-refractivity contribution is 5.81. The first-order valence-electron chi connectivity index (χ1n) is 8.37. The lowest BCUT2D eigenvalue weighted by atomic mass is 9.81. The number of carbonyl (C=O) groups is 1.